The van der Waals surface area contributed by atoms with E-state index < -0.39 is 27.3 Å². The second-order valence-electron chi connectivity index (χ2n) is 11.8. The lowest BCUT2D eigenvalue weighted by molar-refractivity contribution is 0.0657. The van der Waals surface area contributed by atoms with Crippen molar-refractivity contribution in [1.82, 2.24) is 9.55 Å². The van der Waals surface area contributed by atoms with Crippen molar-refractivity contribution in [3.05, 3.63) is 88.2 Å². The number of benzene rings is 3. The van der Waals surface area contributed by atoms with Gasteiger partial charge in [0, 0.05) is 49.2 Å². The van der Waals surface area contributed by atoms with Crippen LogP contribution in [0.1, 0.15) is 37.0 Å². The number of anilines is 1. The molecular formula is C33H34ClF2N3O6S. The minimum Gasteiger partial charge on any atom is -0.497 e. The molecule has 0 aliphatic carbocycles. The molecular weight excluding hydrogens is 640 g/mol. The number of halogens is 3. The van der Waals surface area contributed by atoms with E-state index in [1.54, 1.807) is 45.4 Å². The summed E-state index contributed by atoms with van der Waals surface area (Å²) in [7, 11) is -0.888. The Hall–Kier alpha value is -4.13. The zero-order valence-electron chi connectivity index (χ0n) is 25.9. The van der Waals surface area contributed by atoms with Gasteiger partial charge in [-0.1, -0.05) is 23.7 Å². The normalized spacial score (nSPS) is 12.2. The maximum atomic E-state index is 14.7. The number of sulfonamides is 1. The van der Waals surface area contributed by atoms with Crippen molar-refractivity contribution in [2.24, 2.45) is 0 Å². The molecule has 2 heterocycles. The summed E-state index contributed by atoms with van der Waals surface area (Å²) in [5, 5.41) is 22.6. The summed E-state index contributed by atoms with van der Waals surface area (Å²) in [5.74, 6) is -0.995. The van der Waals surface area contributed by atoms with Crippen molar-refractivity contribution >= 4 is 49.0 Å². The van der Waals surface area contributed by atoms with E-state index in [0.717, 1.165) is 16.1 Å². The second kappa shape index (κ2) is 12.6. The number of hydrogen-bond acceptors (Lipinski definition) is 7. The third-order valence-corrected chi connectivity index (χ3v) is 9.22. The Labute approximate surface area is 270 Å². The highest BCUT2D eigenvalue weighted by Gasteiger charge is 2.28. The van der Waals surface area contributed by atoms with Gasteiger partial charge in [-0.2, -0.15) is 0 Å². The lowest BCUT2D eigenvalue weighted by atomic mass is 10.0. The van der Waals surface area contributed by atoms with Gasteiger partial charge < -0.3 is 24.3 Å². The molecule has 9 nitrogen and oxygen atoms in total. The molecule has 46 heavy (non-hydrogen) atoms. The van der Waals surface area contributed by atoms with Gasteiger partial charge in [-0.05, 0) is 61.2 Å². The van der Waals surface area contributed by atoms with Crippen molar-refractivity contribution < 1.29 is 36.9 Å². The fourth-order valence-electron chi connectivity index (χ4n) is 5.19. The van der Waals surface area contributed by atoms with Gasteiger partial charge in [0.25, 0.3) is 0 Å². The SMILES string of the molecule is COc1ccc(COc2c3ncc(Cc4cc(Cl)c(F)cc4F)cc3c(N(C)S(C)(=O)=O)c3cn(CCC(C)(C)O)c(O)c23)cc1. The molecule has 0 saturated heterocycles. The Morgan fingerprint density at radius 2 is 1.76 bits per heavy atom. The summed E-state index contributed by atoms with van der Waals surface area (Å²) in [4.78, 5) is 4.64. The van der Waals surface area contributed by atoms with Crippen LogP contribution in [0.2, 0.25) is 5.02 Å². The largest absolute Gasteiger partial charge is 0.497 e. The smallest absolute Gasteiger partial charge is 0.232 e. The minimum absolute atomic E-state index is 0.0191. The molecule has 2 aromatic heterocycles. The van der Waals surface area contributed by atoms with E-state index in [-0.39, 0.29) is 64.8 Å². The van der Waals surface area contributed by atoms with E-state index >= 15 is 0 Å². The van der Waals surface area contributed by atoms with Crippen LogP contribution in [0.25, 0.3) is 21.7 Å². The Morgan fingerprint density at radius 1 is 1.07 bits per heavy atom. The third kappa shape index (κ3) is 6.84. The minimum atomic E-state index is -3.84. The van der Waals surface area contributed by atoms with Gasteiger partial charge in [-0.3, -0.25) is 9.29 Å². The summed E-state index contributed by atoms with van der Waals surface area (Å²) in [5.41, 5.74) is 0.835. The van der Waals surface area contributed by atoms with Crippen LogP contribution < -0.4 is 13.8 Å². The molecule has 0 radical (unpaired) electrons. The highest BCUT2D eigenvalue weighted by molar-refractivity contribution is 7.92. The zero-order valence-corrected chi connectivity index (χ0v) is 27.5. The first-order valence-electron chi connectivity index (χ1n) is 14.3. The first-order valence-corrected chi connectivity index (χ1v) is 16.5. The Bertz CT molecular complexity index is 2040. The standard InChI is InChI=1S/C33H34ClF2N3O6S/c1-33(2,41)10-11-39-17-24-28(32(39)40)31(45-18-19-6-8-22(44-4)9-7-19)29-23(30(24)38(3)46(5,42)43)13-20(16-37-29)12-21-14-25(34)27(36)15-26(21)35/h6-9,13-17,40-41H,10-12,18H2,1-5H3. The number of ether oxygens (including phenoxy) is 2. The van der Waals surface area contributed by atoms with E-state index in [9.17, 15) is 27.4 Å². The molecule has 0 amide bonds. The summed E-state index contributed by atoms with van der Waals surface area (Å²) in [6.07, 6.45) is 4.41. The van der Waals surface area contributed by atoms with Crippen LogP contribution in [0.15, 0.2) is 54.9 Å². The molecule has 0 aliphatic rings. The van der Waals surface area contributed by atoms with E-state index in [1.807, 2.05) is 12.1 Å². The molecule has 0 atom stereocenters. The lowest BCUT2D eigenvalue weighted by Gasteiger charge is -2.22. The molecule has 2 N–H and O–H groups in total. The van der Waals surface area contributed by atoms with Gasteiger partial charge in [0.2, 0.25) is 15.9 Å². The van der Waals surface area contributed by atoms with E-state index in [0.29, 0.717) is 28.2 Å². The number of hydrogen-bond donors (Lipinski definition) is 2. The fourth-order valence-corrected chi connectivity index (χ4v) is 5.90. The van der Waals surface area contributed by atoms with Gasteiger partial charge in [0.15, 0.2) is 5.75 Å². The van der Waals surface area contributed by atoms with Crippen LogP contribution in [-0.4, -0.2) is 54.2 Å². The molecule has 5 aromatic rings. The van der Waals surface area contributed by atoms with Crippen LogP contribution >= 0.6 is 11.6 Å². The number of aryl methyl sites for hydroxylation is 1. The number of fused-ring (bicyclic) bond motifs is 2. The van der Waals surface area contributed by atoms with Crippen molar-refractivity contribution in [2.75, 3.05) is 24.7 Å². The molecule has 13 heteroatoms. The average Bonchev–Trinajstić information content (AvgIpc) is 3.31. The van der Waals surface area contributed by atoms with Crippen molar-refractivity contribution in [1.29, 1.82) is 0 Å². The van der Waals surface area contributed by atoms with Crippen molar-refractivity contribution in [3.8, 4) is 17.4 Å². The van der Waals surface area contributed by atoms with E-state index in [4.69, 9.17) is 21.1 Å². The van der Waals surface area contributed by atoms with Crippen LogP contribution in [-0.2, 0) is 29.6 Å². The molecule has 0 fully saturated rings. The zero-order chi connectivity index (χ0) is 33.6. The van der Waals surface area contributed by atoms with Crippen LogP contribution in [0.4, 0.5) is 14.5 Å². The van der Waals surface area contributed by atoms with Gasteiger partial charge in [-0.25, -0.2) is 17.2 Å². The van der Waals surface area contributed by atoms with Gasteiger partial charge in [0.1, 0.15) is 29.5 Å². The first-order chi connectivity index (χ1) is 21.6. The van der Waals surface area contributed by atoms with Crippen molar-refractivity contribution in [2.45, 2.75) is 45.4 Å². The average molecular weight is 674 g/mol. The second-order valence-corrected chi connectivity index (χ2v) is 14.2. The molecule has 0 bridgehead atoms. The number of nitrogens with zero attached hydrogens (tertiary/aromatic N) is 3. The number of pyridine rings is 1. The first kappa shape index (κ1) is 33.2. The number of aromatic nitrogens is 2. The predicted molar refractivity (Wildman–Crippen MR) is 175 cm³/mol. The molecule has 0 unspecified atom stereocenters. The van der Waals surface area contributed by atoms with Crippen LogP contribution in [0, 0.1) is 11.6 Å². The summed E-state index contributed by atoms with van der Waals surface area (Å²) in [6, 6.07) is 10.8. The molecule has 244 valence electrons. The Balaban J connectivity index is 1.76. The topological polar surface area (TPSA) is 114 Å². The summed E-state index contributed by atoms with van der Waals surface area (Å²) >= 11 is 5.93. The molecule has 0 spiro atoms. The van der Waals surface area contributed by atoms with Gasteiger partial charge >= 0.3 is 0 Å². The Kier molecular flexibility index (Phi) is 9.09. The Morgan fingerprint density at radius 3 is 2.39 bits per heavy atom. The van der Waals surface area contributed by atoms with Gasteiger partial charge in [0.05, 0.1) is 35.1 Å². The fraction of sp³-hybridized carbons (Fsp3) is 0.303. The highest BCUT2D eigenvalue weighted by atomic mass is 35.5. The van der Waals surface area contributed by atoms with Crippen LogP contribution in [0.5, 0.6) is 17.4 Å². The van der Waals surface area contributed by atoms with Crippen molar-refractivity contribution in [3.63, 3.8) is 0 Å². The van der Waals surface area contributed by atoms with Gasteiger partial charge in [-0.15, -0.1) is 0 Å². The molecule has 3 aromatic carbocycles. The number of aliphatic hydroxyl groups is 1. The summed E-state index contributed by atoms with van der Waals surface area (Å²) < 4.78 is 68.7. The number of rotatable bonds is 11. The maximum absolute atomic E-state index is 14.7. The predicted octanol–water partition coefficient (Wildman–Crippen LogP) is 6.56. The monoisotopic (exact) mass is 673 g/mol. The molecule has 5 rings (SSSR count). The maximum Gasteiger partial charge on any atom is 0.232 e. The highest BCUT2D eigenvalue weighted by Crippen LogP contribution is 2.48. The third-order valence-electron chi connectivity index (χ3n) is 7.75. The summed E-state index contributed by atoms with van der Waals surface area (Å²) in [6.45, 7) is 3.59. The molecule has 0 saturated carbocycles. The molecule has 0 aliphatic heterocycles. The van der Waals surface area contributed by atoms with Crippen LogP contribution in [0.3, 0.4) is 0 Å². The quantitative estimate of drug-likeness (QED) is 0.153. The number of methoxy groups -OCH3 is 1. The van der Waals surface area contributed by atoms with E-state index in [1.165, 1.54) is 23.9 Å². The lowest BCUT2D eigenvalue weighted by Crippen LogP contribution is -2.25. The van der Waals surface area contributed by atoms with E-state index in [2.05, 4.69) is 4.98 Å². The number of aromatic hydroxyl groups is 1.